The molecule has 132 valence electrons. The van der Waals surface area contributed by atoms with Gasteiger partial charge in [0.1, 0.15) is 5.82 Å². The normalized spacial score (nSPS) is 13.4. The van der Waals surface area contributed by atoms with Gasteiger partial charge in [-0.2, -0.15) is 0 Å². The van der Waals surface area contributed by atoms with Crippen LogP contribution in [-0.4, -0.2) is 26.5 Å². The highest BCUT2D eigenvalue weighted by Crippen LogP contribution is 2.32. The van der Waals surface area contributed by atoms with E-state index in [1.54, 1.807) is 30.0 Å². The van der Waals surface area contributed by atoms with E-state index in [0.717, 1.165) is 22.4 Å². The minimum atomic E-state index is -0.315. The second-order valence-electron chi connectivity index (χ2n) is 5.90. The van der Waals surface area contributed by atoms with Gasteiger partial charge in [0.15, 0.2) is 11.0 Å². The fraction of sp³-hybridized carbons (Fsp3) is 0.167. The van der Waals surface area contributed by atoms with Crippen LogP contribution in [0.4, 0.5) is 15.8 Å². The monoisotopic (exact) mass is 369 g/mol. The Balaban J connectivity index is 1.61. The standard InChI is InChI=1S/C18H16FN5OS/c1-12(25)20-13-6-8-14(9-7-13)23-10-24-17(21-22-18(24)26-11-23)15-4-2-3-5-16(15)19/h2-9H,10-11H2,1H3,(H,20,25). The molecule has 0 aliphatic carbocycles. The van der Waals surface area contributed by atoms with Gasteiger partial charge in [0.25, 0.3) is 0 Å². The maximum atomic E-state index is 14.2. The van der Waals surface area contributed by atoms with Crippen LogP contribution in [0.3, 0.4) is 0 Å². The molecule has 0 radical (unpaired) electrons. The number of rotatable bonds is 3. The molecule has 0 unspecified atom stereocenters. The molecule has 1 aliphatic heterocycles. The first-order valence-electron chi connectivity index (χ1n) is 8.05. The summed E-state index contributed by atoms with van der Waals surface area (Å²) >= 11 is 1.55. The molecule has 1 aromatic heterocycles. The second kappa shape index (κ2) is 6.80. The molecule has 0 spiro atoms. The number of carbonyl (C=O) groups excluding carboxylic acids is 1. The van der Waals surface area contributed by atoms with Crippen LogP contribution in [0.5, 0.6) is 0 Å². The molecule has 1 N–H and O–H groups in total. The molecule has 0 saturated carbocycles. The van der Waals surface area contributed by atoms with Gasteiger partial charge in [-0.25, -0.2) is 4.39 Å². The Morgan fingerprint density at radius 3 is 2.65 bits per heavy atom. The lowest BCUT2D eigenvalue weighted by molar-refractivity contribution is -0.114. The summed E-state index contributed by atoms with van der Waals surface area (Å²) in [4.78, 5) is 13.3. The summed E-state index contributed by atoms with van der Waals surface area (Å²) in [6, 6.07) is 14.2. The summed E-state index contributed by atoms with van der Waals surface area (Å²) in [5, 5.41) is 11.9. The summed E-state index contributed by atoms with van der Waals surface area (Å²) in [5.41, 5.74) is 2.20. The Labute approximate surface area is 154 Å². The van der Waals surface area contributed by atoms with E-state index in [1.165, 1.54) is 13.0 Å². The van der Waals surface area contributed by atoms with Gasteiger partial charge in [-0.3, -0.25) is 9.36 Å². The summed E-state index contributed by atoms with van der Waals surface area (Å²) < 4.78 is 16.1. The van der Waals surface area contributed by atoms with Crippen molar-refractivity contribution in [2.45, 2.75) is 18.7 Å². The predicted molar refractivity (Wildman–Crippen MR) is 99.4 cm³/mol. The molecular weight excluding hydrogens is 353 g/mol. The van der Waals surface area contributed by atoms with Crippen molar-refractivity contribution in [3.05, 3.63) is 54.3 Å². The number of benzene rings is 2. The number of fused-ring (bicyclic) bond motifs is 1. The summed E-state index contributed by atoms with van der Waals surface area (Å²) in [6.45, 7) is 2.01. The summed E-state index contributed by atoms with van der Waals surface area (Å²) in [6.07, 6.45) is 0. The van der Waals surface area contributed by atoms with Crippen LogP contribution in [0, 0.1) is 5.82 Å². The number of thioether (sulfide) groups is 1. The summed E-state index contributed by atoms with van der Waals surface area (Å²) in [7, 11) is 0. The maximum absolute atomic E-state index is 14.2. The van der Waals surface area contributed by atoms with Crippen molar-refractivity contribution in [3.63, 3.8) is 0 Å². The molecule has 1 amide bonds. The molecular formula is C18H16FN5OS. The number of hydrogen-bond acceptors (Lipinski definition) is 5. The van der Waals surface area contributed by atoms with E-state index in [-0.39, 0.29) is 11.7 Å². The number of anilines is 2. The number of halogens is 1. The van der Waals surface area contributed by atoms with Crippen LogP contribution in [-0.2, 0) is 11.5 Å². The van der Waals surface area contributed by atoms with Crippen LogP contribution < -0.4 is 10.2 Å². The average Bonchev–Trinajstić information content (AvgIpc) is 3.05. The predicted octanol–water partition coefficient (Wildman–Crippen LogP) is 3.57. The third-order valence-corrected chi connectivity index (χ3v) is 5.05. The molecule has 0 atom stereocenters. The van der Waals surface area contributed by atoms with Gasteiger partial charge in [-0.15, -0.1) is 10.2 Å². The van der Waals surface area contributed by atoms with E-state index in [0.29, 0.717) is 18.1 Å². The Morgan fingerprint density at radius 2 is 1.92 bits per heavy atom. The Bertz CT molecular complexity index is 956. The zero-order chi connectivity index (χ0) is 18.1. The first-order chi connectivity index (χ1) is 12.6. The van der Waals surface area contributed by atoms with Crippen molar-refractivity contribution < 1.29 is 9.18 Å². The van der Waals surface area contributed by atoms with Crippen molar-refractivity contribution in [1.82, 2.24) is 14.8 Å². The third-order valence-electron chi connectivity index (χ3n) is 4.05. The molecule has 1 aliphatic rings. The van der Waals surface area contributed by atoms with E-state index in [9.17, 15) is 9.18 Å². The van der Waals surface area contributed by atoms with Gasteiger partial charge in [0.05, 0.1) is 18.1 Å². The first-order valence-corrected chi connectivity index (χ1v) is 9.04. The molecule has 3 aromatic rings. The minimum absolute atomic E-state index is 0.102. The highest BCUT2D eigenvalue weighted by molar-refractivity contribution is 7.99. The molecule has 0 saturated heterocycles. The minimum Gasteiger partial charge on any atom is -0.344 e. The van der Waals surface area contributed by atoms with Gasteiger partial charge >= 0.3 is 0 Å². The molecule has 0 bridgehead atoms. The van der Waals surface area contributed by atoms with Gasteiger partial charge in [-0.05, 0) is 36.4 Å². The van der Waals surface area contributed by atoms with Crippen LogP contribution in [0.2, 0.25) is 0 Å². The van der Waals surface area contributed by atoms with Crippen molar-refractivity contribution in [2.24, 2.45) is 0 Å². The van der Waals surface area contributed by atoms with Crippen LogP contribution in [0.25, 0.3) is 11.4 Å². The van der Waals surface area contributed by atoms with E-state index < -0.39 is 0 Å². The highest BCUT2D eigenvalue weighted by Gasteiger charge is 2.23. The average molecular weight is 369 g/mol. The quantitative estimate of drug-likeness (QED) is 0.765. The fourth-order valence-corrected chi connectivity index (χ4v) is 3.73. The summed E-state index contributed by atoms with van der Waals surface area (Å²) in [5.74, 6) is 0.819. The molecule has 8 heteroatoms. The second-order valence-corrected chi connectivity index (χ2v) is 6.81. The smallest absolute Gasteiger partial charge is 0.221 e. The van der Waals surface area contributed by atoms with Gasteiger partial charge < -0.3 is 10.2 Å². The number of amides is 1. The topological polar surface area (TPSA) is 63.1 Å². The number of aromatic nitrogens is 3. The van der Waals surface area contributed by atoms with E-state index >= 15 is 0 Å². The third kappa shape index (κ3) is 3.15. The molecule has 6 nitrogen and oxygen atoms in total. The molecule has 2 heterocycles. The maximum Gasteiger partial charge on any atom is 0.221 e. The van der Waals surface area contributed by atoms with Crippen molar-refractivity contribution in [3.8, 4) is 11.4 Å². The van der Waals surface area contributed by atoms with Gasteiger partial charge in [0.2, 0.25) is 5.91 Å². The SMILES string of the molecule is CC(=O)Nc1ccc(N2CSc3nnc(-c4ccccc4F)n3C2)cc1. The number of nitrogens with one attached hydrogen (secondary N) is 1. The molecule has 26 heavy (non-hydrogen) atoms. The highest BCUT2D eigenvalue weighted by atomic mass is 32.2. The Kier molecular flexibility index (Phi) is 4.34. The Hall–Kier alpha value is -2.87. The number of nitrogens with zero attached hydrogens (tertiary/aromatic N) is 4. The van der Waals surface area contributed by atoms with Crippen molar-refractivity contribution in [1.29, 1.82) is 0 Å². The van der Waals surface area contributed by atoms with E-state index in [1.807, 2.05) is 28.8 Å². The lowest BCUT2D eigenvalue weighted by Crippen LogP contribution is -2.30. The van der Waals surface area contributed by atoms with Crippen LogP contribution in [0.15, 0.2) is 53.7 Å². The number of carbonyl (C=O) groups is 1. The molecule has 4 rings (SSSR count). The van der Waals surface area contributed by atoms with Crippen LogP contribution >= 0.6 is 11.8 Å². The van der Waals surface area contributed by atoms with Crippen molar-refractivity contribution >= 4 is 29.0 Å². The van der Waals surface area contributed by atoms with Gasteiger partial charge in [-0.1, -0.05) is 23.9 Å². The first kappa shape index (κ1) is 16.6. The van der Waals surface area contributed by atoms with E-state index in [2.05, 4.69) is 20.4 Å². The zero-order valence-electron chi connectivity index (χ0n) is 14.0. The van der Waals surface area contributed by atoms with E-state index in [4.69, 9.17) is 0 Å². The lowest BCUT2D eigenvalue weighted by Gasteiger charge is -2.29. The fourth-order valence-electron chi connectivity index (χ4n) is 2.83. The lowest BCUT2D eigenvalue weighted by atomic mass is 10.2. The Morgan fingerprint density at radius 1 is 1.15 bits per heavy atom. The van der Waals surface area contributed by atoms with Crippen molar-refractivity contribution in [2.75, 3.05) is 16.1 Å². The molecule has 2 aromatic carbocycles. The number of hydrogen-bond donors (Lipinski definition) is 1. The largest absolute Gasteiger partial charge is 0.344 e. The zero-order valence-corrected chi connectivity index (χ0v) is 14.8. The van der Waals surface area contributed by atoms with Gasteiger partial charge in [0, 0.05) is 18.3 Å². The molecule has 0 fully saturated rings. The van der Waals surface area contributed by atoms with Crippen LogP contribution in [0.1, 0.15) is 6.92 Å².